The molecule has 0 radical (unpaired) electrons. The molecule has 0 saturated heterocycles. The molecular formula is C47H35NO. The lowest BCUT2D eigenvalue weighted by molar-refractivity contribution is 0.327. The van der Waals surface area contributed by atoms with Gasteiger partial charge in [-0.3, -0.25) is 0 Å². The molecule has 234 valence electrons. The largest absolute Gasteiger partial charge is 0.456 e. The molecular weight excluding hydrogens is 595 g/mol. The van der Waals surface area contributed by atoms with Gasteiger partial charge in [0.1, 0.15) is 11.2 Å². The van der Waals surface area contributed by atoms with Crippen molar-refractivity contribution in [3.63, 3.8) is 0 Å². The quantitative estimate of drug-likeness (QED) is 0.193. The number of fused-ring (bicyclic) bond motifs is 12. The Morgan fingerprint density at radius 2 is 1.27 bits per heavy atom. The summed E-state index contributed by atoms with van der Waals surface area (Å²) in [6, 6.07) is 55.9. The van der Waals surface area contributed by atoms with Crippen molar-refractivity contribution in [2.45, 2.75) is 31.1 Å². The summed E-state index contributed by atoms with van der Waals surface area (Å²) in [5.74, 6) is 1.63. The van der Waals surface area contributed by atoms with Crippen LogP contribution in [0.15, 0.2) is 156 Å². The summed E-state index contributed by atoms with van der Waals surface area (Å²) in [6.45, 7) is 0. The molecule has 2 heteroatoms. The lowest BCUT2D eigenvalue weighted by Crippen LogP contribution is -2.31. The van der Waals surface area contributed by atoms with Crippen LogP contribution < -0.4 is 4.90 Å². The molecule has 1 aromatic heterocycles. The van der Waals surface area contributed by atoms with E-state index in [0.29, 0.717) is 0 Å². The molecule has 0 amide bonds. The zero-order valence-electron chi connectivity index (χ0n) is 27.3. The van der Waals surface area contributed by atoms with E-state index in [1.165, 1.54) is 58.7 Å². The Morgan fingerprint density at radius 1 is 0.531 bits per heavy atom. The van der Waals surface area contributed by atoms with Crippen molar-refractivity contribution in [3.8, 4) is 22.3 Å². The van der Waals surface area contributed by atoms with Gasteiger partial charge in [-0.25, -0.2) is 0 Å². The van der Waals surface area contributed by atoms with Crippen LogP contribution in [0.1, 0.15) is 36.8 Å². The lowest BCUT2D eigenvalue weighted by atomic mass is 9.66. The first kappa shape index (κ1) is 27.4. The fourth-order valence-electron chi connectivity index (χ4n) is 10.1. The van der Waals surface area contributed by atoms with E-state index in [2.05, 4.69) is 144 Å². The summed E-state index contributed by atoms with van der Waals surface area (Å²) < 4.78 is 6.37. The van der Waals surface area contributed by atoms with Crippen LogP contribution in [0, 0.1) is 11.8 Å². The molecule has 2 fully saturated rings. The summed E-state index contributed by atoms with van der Waals surface area (Å²) in [4.78, 5) is 2.38. The molecule has 0 N–H and O–H groups in total. The van der Waals surface area contributed by atoms with Crippen molar-refractivity contribution in [1.82, 2.24) is 0 Å². The summed E-state index contributed by atoms with van der Waals surface area (Å²) >= 11 is 0. The lowest BCUT2D eigenvalue weighted by Gasteiger charge is -2.36. The summed E-state index contributed by atoms with van der Waals surface area (Å²) in [5.41, 5.74) is 14.0. The standard InChI is InChI=1S/C47H35NO/c1-2-10-37-32(8-1)9-7-14-44(37)48(36-23-25-41-40-12-4-6-15-45(40)49-46(41)28-36)35-21-17-31(18-22-35)33-19-24-39-38-11-3-5-13-42(38)47(43(39)27-33)29-30-16-20-34(47)26-30/h1-15,17-19,21-25,27-28,30,34H,16,20,26,29H2. The second kappa shape index (κ2) is 10.2. The normalized spacial score (nSPS) is 20.4. The molecule has 3 atom stereocenters. The Kier molecular flexibility index (Phi) is 5.70. The van der Waals surface area contributed by atoms with Crippen LogP contribution >= 0.6 is 0 Å². The third-order valence-electron chi connectivity index (χ3n) is 12.1. The number of benzene rings is 7. The molecule has 3 aliphatic rings. The van der Waals surface area contributed by atoms with Gasteiger partial charge in [-0.1, -0.05) is 110 Å². The molecule has 2 saturated carbocycles. The van der Waals surface area contributed by atoms with Crippen molar-refractivity contribution in [2.24, 2.45) is 11.8 Å². The number of hydrogen-bond acceptors (Lipinski definition) is 2. The van der Waals surface area contributed by atoms with Crippen LogP contribution in [0.2, 0.25) is 0 Å². The van der Waals surface area contributed by atoms with Crippen molar-refractivity contribution >= 4 is 49.8 Å². The van der Waals surface area contributed by atoms with Crippen molar-refractivity contribution in [1.29, 1.82) is 0 Å². The molecule has 1 spiro atoms. The van der Waals surface area contributed by atoms with E-state index in [9.17, 15) is 0 Å². The van der Waals surface area contributed by atoms with Gasteiger partial charge in [-0.05, 0) is 112 Å². The van der Waals surface area contributed by atoms with Crippen LogP contribution in [0.5, 0.6) is 0 Å². The molecule has 3 aliphatic carbocycles. The van der Waals surface area contributed by atoms with Gasteiger partial charge in [0.2, 0.25) is 0 Å². The molecule has 3 unspecified atom stereocenters. The minimum absolute atomic E-state index is 0.186. The highest BCUT2D eigenvalue weighted by molar-refractivity contribution is 6.07. The van der Waals surface area contributed by atoms with Crippen molar-refractivity contribution < 1.29 is 4.42 Å². The molecule has 2 nitrogen and oxygen atoms in total. The van der Waals surface area contributed by atoms with Gasteiger partial charge in [-0.15, -0.1) is 0 Å². The molecule has 8 aromatic rings. The van der Waals surface area contributed by atoms with E-state index in [1.807, 2.05) is 12.1 Å². The fraction of sp³-hybridized carbons (Fsp3) is 0.149. The van der Waals surface area contributed by atoms with Crippen LogP contribution in [0.25, 0.3) is 55.0 Å². The fourth-order valence-corrected chi connectivity index (χ4v) is 10.1. The van der Waals surface area contributed by atoms with Gasteiger partial charge >= 0.3 is 0 Å². The number of anilines is 3. The van der Waals surface area contributed by atoms with E-state index in [4.69, 9.17) is 4.42 Å². The number of furan rings is 1. The first-order chi connectivity index (χ1) is 24.2. The van der Waals surface area contributed by atoms with E-state index in [1.54, 1.807) is 11.1 Å². The smallest absolute Gasteiger partial charge is 0.137 e. The second-order valence-electron chi connectivity index (χ2n) is 14.5. The van der Waals surface area contributed by atoms with Gasteiger partial charge in [0.05, 0.1) is 5.69 Å². The number of rotatable bonds is 4. The zero-order valence-corrected chi connectivity index (χ0v) is 27.3. The van der Waals surface area contributed by atoms with Gasteiger partial charge in [0.25, 0.3) is 0 Å². The molecule has 7 aromatic carbocycles. The Balaban J connectivity index is 1.04. The predicted octanol–water partition coefficient (Wildman–Crippen LogP) is 13.0. The minimum atomic E-state index is 0.186. The van der Waals surface area contributed by atoms with Gasteiger partial charge < -0.3 is 9.32 Å². The first-order valence-electron chi connectivity index (χ1n) is 17.8. The van der Waals surface area contributed by atoms with Crippen molar-refractivity contribution in [2.75, 3.05) is 4.90 Å². The highest BCUT2D eigenvalue weighted by Crippen LogP contribution is 2.65. The number of nitrogens with zero attached hydrogens (tertiary/aromatic N) is 1. The minimum Gasteiger partial charge on any atom is -0.456 e. The molecule has 49 heavy (non-hydrogen) atoms. The van der Waals surface area contributed by atoms with Gasteiger partial charge in [-0.2, -0.15) is 0 Å². The van der Waals surface area contributed by atoms with E-state index < -0.39 is 0 Å². The Bertz CT molecular complexity index is 2590. The summed E-state index contributed by atoms with van der Waals surface area (Å²) in [5, 5.41) is 4.72. The van der Waals surface area contributed by atoms with Gasteiger partial charge in [0, 0.05) is 39.0 Å². The van der Waals surface area contributed by atoms with Crippen LogP contribution in [-0.2, 0) is 5.41 Å². The molecule has 0 aliphatic heterocycles. The Labute approximate surface area is 286 Å². The van der Waals surface area contributed by atoms with Crippen LogP contribution in [0.4, 0.5) is 17.1 Å². The highest BCUT2D eigenvalue weighted by atomic mass is 16.3. The maximum Gasteiger partial charge on any atom is 0.137 e. The maximum atomic E-state index is 6.37. The summed E-state index contributed by atoms with van der Waals surface area (Å²) in [6.07, 6.45) is 5.46. The average Bonchev–Trinajstić information content (AvgIpc) is 3.93. The highest BCUT2D eigenvalue weighted by Gasteiger charge is 2.56. The monoisotopic (exact) mass is 629 g/mol. The third-order valence-corrected chi connectivity index (χ3v) is 12.1. The maximum absolute atomic E-state index is 6.37. The molecule has 11 rings (SSSR count). The molecule has 2 bridgehead atoms. The Morgan fingerprint density at radius 3 is 2.14 bits per heavy atom. The number of para-hydroxylation sites is 1. The second-order valence-corrected chi connectivity index (χ2v) is 14.5. The van der Waals surface area contributed by atoms with E-state index >= 15 is 0 Å². The third kappa shape index (κ3) is 3.89. The zero-order chi connectivity index (χ0) is 32.1. The first-order valence-corrected chi connectivity index (χ1v) is 17.8. The van der Waals surface area contributed by atoms with Crippen molar-refractivity contribution in [3.05, 3.63) is 163 Å². The number of hydrogen-bond donors (Lipinski definition) is 0. The van der Waals surface area contributed by atoms with Crippen LogP contribution in [-0.4, -0.2) is 0 Å². The average molecular weight is 630 g/mol. The van der Waals surface area contributed by atoms with E-state index in [-0.39, 0.29) is 5.41 Å². The summed E-state index contributed by atoms with van der Waals surface area (Å²) in [7, 11) is 0. The van der Waals surface area contributed by atoms with E-state index in [0.717, 1.165) is 50.8 Å². The Hall–Kier alpha value is -5.60. The molecule has 1 heterocycles. The SMILES string of the molecule is c1ccc2c(c1)-c1ccc(-c3ccc(N(c4ccc5c(c4)oc4ccccc45)c4cccc5ccccc45)cc3)cc1C21CC2CCC1C2. The topological polar surface area (TPSA) is 16.4 Å². The van der Waals surface area contributed by atoms with Gasteiger partial charge in [0.15, 0.2) is 0 Å². The van der Waals surface area contributed by atoms with Crippen LogP contribution in [0.3, 0.4) is 0 Å². The predicted molar refractivity (Wildman–Crippen MR) is 203 cm³/mol.